The fourth-order valence-corrected chi connectivity index (χ4v) is 1.96. The largest absolute Gasteiger partial charge is 0.198 e. The molecule has 0 atom stereocenters. The van der Waals surface area contributed by atoms with E-state index in [0.29, 0.717) is 0 Å². The van der Waals surface area contributed by atoms with Gasteiger partial charge in [0, 0.05) is 29.1 Å². The highest BCUT2D eigenvalue weighted by molar-refractivity contribution is 6.30. The van der Waals surface area contributed by atoms with Crippen molar-refractivity contribution in [1.29, 1.82) is 0 Å². The molecule has 0 aliphatic carbocycles. The minimum atomic E-state index is 0.790. The number of nitrogens with zero attached hydrogens (tertiary/aromatic N) is 1. The summed E-state index contributed by atoms with van der Waals surface area (Å²) >= 11 is 5.89. The van der Waals surface area contributed by atoms with Gasteiger partial charge in [0.15, 0.2) is 18.4 Å². The molecule has 0 amide bonds. The fraction of sp³-hybridized carbons (Fsp3) is 0.267. The van der Waals surface area contributed by atoms with Gasteiger partial charge in [0.25, 0.3) is 0 Å². The molecule has 0 aliphatic rings. The Bertz CT molecular complexity index is 503. The van der Waals surface area contributed by atoms with E-state index in [1.807, 2.05) is 12.1 Å². The van der Waals surface area contributed by atoms with Crippen molar-refractivity contribution in [2.75, 3.05) is 0 Å². The van der Waals surface area contributed by atoms with E-state index in [0.717, 1.165) is 18.0 Å². The second kappa shape index (κ2) is 5.33. The zero-order valence-corrected chi connectivity index (χ0v) is 11.0. The first kappa shape index (κ1) is 12.1. The van der Waals surface area contributed by atoms with Crippen LogP contribution in [0.2, 0.25) is 5.02 Å². The third-order valence-electron chi connectivity index (χ3n) is 2.99. The van der Waals surface area contributed by atoms with Crippen LogP contribution < -0.4 is 4.57 Å². The van der Waals surface area contributed by atoms with Gasteiger partial charge in [0.05, 0.1) is 0 Å². The van der Waals surface area contributed by atoms with Gasteiger partial charge in [-0.2, -0.15) is 4.57 Å². The molecule has 0 unspecified atom stereocenters. The first-order chi connectivity index (χ1) is 8.19. The lowest BCUT2D eigenvalue weighted by atomic mass is 10.2. The summed E-state index contributed by atoms with van der Waals surface area (Å²) in [5, 5.41) is 0.790. The maximum atomic E-state index is 5.89. The molecule has 1 heterocycles. The van der Waals surface area contributed by atoms with Crippen molar-refractivity contribution in [3.05, 3.63) is 64.4 Å². The maximum absolute atomic E-state index is 5.89. The van der Waals surface area contributed by atoms with Gasteiger partial charge in [-0.15, -0.1) is 0 Å². The summed E-state index contributed by atoms with van der Waals surface area (Å²) in [5.41, 5.74) is 3.91. The third-order valence-corrected chi connectivity index (χ3v) is 3.24. The van der Waals surface area contributed by atoms with E-state index in [1.165, 1.54) is 16.8 Å². The van der Waals surface area contributed by atoms with Crippen molar-refractivity contribution >= 4 is 11.6 Å². The van der Waals surface area contributed by atoms with E-state index in [9.17, 15) is 0 Å². The standard InChI is InChI=1S/C15H17ClN/c1-3-13-5-4-12(2)17(10-13)11-14-6-8-15(16)9-7-14/h4-10H,3,11H2,1-2H3/q+1. The zero-order chi connectivity index (χ0) is 12.3. The average Bonchev–Trinajstić information content (AvgIpc) is 2.35. The van der Waals surface area contributed by atoms with Gasteiger partial charge >= 0.3 is 0 Å². The molecule has 0 radical (unpaired) electrons. The first-order valence-corrected chi connectivity index (χ1v) is 6.30. The van der Waals surface area contributed by atoms with Crippen LogP contribution in [-0.4, -0.2) is 0 Å². The predicted molar refractivity (Wildman–Crippen MR) is 71.3 cm³/mol. The number of hydrogen-bond acceptors (Lipinski definition) is 0. The molecule has 0 spiro atoms. The Morgan fingerprint density at radius 1 is 1.00 bits per heavy atom. The maximum Gasteiger partial charge on any atom is 0.178 e. The number of benzene rings is 1. The van der Waals surface area contributed by atoms with E-state index >= 15 is 0 Å². The van der Waals surface area contributed by atoms with E-state index in [2.05, 4.69) is 48.9 Å². The second-order valence-corrected chi connectivity index (χ2v) is 4.72. The lowest BCUT2D eigenvalue weighted by Crippen LogP contribution is -2.37. The summed E-state index contributed by atoms with van der Waals surface area (Å²) < 4.78 is 2.28. The smallest absolute Gasteiger partial charge is 0.178 e. The minimum absolute atomic E-state index is 0.790. The van der Waals surface area contributed by atoms with Gasteiger partial charge in [0.2, 0.25) is 0 Å². The highest BCUT2D eigenvalue weighted by atomic mass is 35.5. The van der Waals surface area contributed by atoms with Gasteiger partial charge in [-0.3, -0.25) is 0 Å². The molecule has 88 valence electrons. The van der Waals surface area contributed by atoms with E-state index in [1.54, 1.807) is 0 Å². The fourth-order valence-electron chi connectivity index (χ4n) is 1.83. The molecule has 0 bridgehead atoms. The molecule has 0 aliphatic heterocycles. The Balaban J connectivity index is 2.25. The Kier molecular flexibility index (Phi) is 3.80. The Hall–Kier alpha value is -1.34. The van der Waals surface area contributed by atoms with Crippen LogP contribution in [0.15, 0.2) is 42.6 Å². The average molecular weight is 247 g/mol. The van der Waals surface area contributed by atoms with Crippen molar-refractivity contribution in [1.82, 2.24) is 0 Å². The number of pyridine rings is 1. The quantitative estimate of drug-likeness (QED) is 0.730. The van der Waals surface area contributed by atoms with Crippen molar-refractivity contribution in [2.24, 2.45) is 0 Å². The molecule has 0 fully saturated rings. The summed E-state index contributed by atoms with van der Waals surface area (Å²) in [6.45, 7) is 5.21. The number of halogens is 1. The predicted octanol–water partition coefficient (Wildman–Crippen LogP) is 3.55. The summed E-state index contributed by atoms with van der Waals surface area (Å²) in [7, 11) is 0. The van der Waals surface area contributed by atoms with Gasteiger partial charge in [-0.25, -0.2) is 0 Å². The lowest BCUT2D eigenvalue weighted by Gasteiger charge is -2.03. The Morgan fingerprint density at radius 3 is 2.29 bits per heavy atom. The van der Waals surface area contributed by atoms with E-state index in [4.69, 9.17) is 11.6 Å². The van der Waals surface area contributed by atoms with E-state index in [-0.39, 0.29) is 0 Å². The molecule has 2 rings (SSSR count). The van der Waals surface area contributed by atoms with Crippen molar-refractivity contribution in [3.63, 3.8) is 0 Å². The van der Waals surface area contributed by atoms with Crippen LogP contribution in [0.3, 0.4) is 0 Å². The van der Waals surface area contributed by atoms with E-state index < -0.39 is 0 Å². The topological polar surface area (TPSA) is 3.88 Å². The summed E-state index contributed by atoms with van der Waals surface area (Å²) in [6, 6.07) is 12.4. The van der Waals surface area contributed by atoms with Crippen LogP contribution in [0.4, 0.5) is 0 Å². The van der Waals surface area contributed by atoms with Crippen LogP contribution in [0.25, 0.3) is 0 Å². The zero-order valence-electron chi connectivity index (χ0n) is 10.3. The van der Waals surface area contributed by atoms with Crippen molar-refractivity contribution in [3.8, 4) is 0 Å². The number of hydrogen-bond donors (Lipinski definition) is 0. The second-order valence-electron chi connectivity index (χ2n) is 4.29. The summed E-state index contributed by atoms with van der Waals surface area (Å²) in [4.78, 5) is 0. The Morgan fingerprint density at radius 2 is 1.65 bits per heavy atom. The van der Waals surface area contributed by atoms with Gasteiger partial charge in [-0.1, -0.05) is 30.7 Å². The molecular weight excluding hydrogens is 230 g/mol. The van der Waals surface area contributed by atoms with Crippen LogP contribution in [0, 0.1) is 6.92 Å². The molecular formula is C15H17ClN+. The monoisotopic (exact) mass is 246 g/mol. The Labute approximate surface area is 108 Å². The number of aromatic nitrogens is 1. The third kappa shape index (κ3) is 3.07. The molecule has 0 N–H and O–H groups in total. The molecule has 1 nitrogen and oxygen atoms in total. The highest BCUT2D eigenvalue weighted by Gasteiger charge is 2.08. The normalized spacial score (nSPS) is 10.5. The number of aryl methyl sites for hydroxylation is 2. The lowest BCUT2D eigenvalue weighted by molar-refractivity contribution is -0.694. The van der Waals surface area contributed by atoms with Crippen molar-refractivity contribution in [2.45, 2.75) is 26.8 Å². The highest BCUT2D eigenvalue weighted by Crippen LogP contribution is 2.09. The minimum Gasteiger partial charge on any atom is -0.198 e. The molecule has 2 aromatic rings. The molecule has 17 heavy (non-hydrogen) atoms. The van der Waals surface area contributed by atoms with Gasteiger partial charge < -0.3 is 0 Å². The summed E-state index contributed by atoms with van der Waals surface area (Å²) in [6.07, 6.45) is 3.30. The molecule has 1 aromatic carbocycles. The van der Waals surface area contributed by atoms with Crippen LogP contribution in [0.1, 0.15) is 23.7 Å². The summed E-state index contributed by atoms with van der Waals surface area (Å²) in [5.74, 6) is 0. The molecule has 2 heteroatoms. The van der Waals surface area contributed by atoms with Crippen molar-refractivity contribution < 1.29 is 4.57 Å². The molecule has 0 saturated carbocycles. The van der Waals surface area contributed by atoms with Gasteiger partial charge in [0.1, 0.15) is 0 Å². The SMILES string of the molecule is CCc1ccc(C)[n+](Cc2ccc(Cl)cc2)c1. The molecule has 1 aromatic heterocycles. The molecule has 0 saturated heterocycles. The first-order valence-electron chi connectivity index (χ1n) is 5.92. The van der Waals surface area contributed by atoms with Crippen LogP contribution >= 0.6 is 11.6 Å². The van der Waals surface area contributed by atoms with Gasteiger partial charge in [-0.05, 0) is 24.6 Å². The van der Waals surface area contributed by atoms with Crippen LogP contribution in [-0.2, 0) is 13.0 Å². The number of rotatable bonds is 3. The van der Waals surface area contributed by atoms with Crippen LogP contribution in [0.5, 0.6) is 0 Å².